The topological polar surface area (TPSA) is 17.1 Å². The standard InChI is InChI=1S/C9H10.C2H4OS/c1-3-9-7-5-4-6-8(9)2;1-2(3)4/h3-7H,1H2,2H3;1H3,(H,3,4). The summed E-state index contributed by atoms with van der Waals surface area (Å²) in [5, 5.41) is -0.139. The van der Waals surface area contributed by atoms with Gasteiger partial charge in [-0.2, -0.15) is 0 Å². The lowest BCUT2D eigenvalue weighted by Crippen LogP contribution is -1.75. The fourth-order valence-electron chi connectivity index (χ4n) is 0.816. The summed E-state index contributed by atoms with van der Waals surface area (Å²) in [6, 6.07) is 8.19. The Kier molecular flexibility index (Phi) is 5.98. The highest BCUT2D eigenvalue weighted by Crippen LogP contribution is 2.06. The van der Waals surface area contributed by atoms with Crippen molar-refractivity contribution < 1.29 is 4.79 Å². The summed E-state index contributed by atoms with van der Waals surface area (Å²) in [6.45, 7) is 7.16. The van der Waals surface area contributed by atoms with Crippen LogP contribution in [0.2, 0.25) is 0 Å². The molecule has 1 aromatic carbocycles. The summed E-state index contributed by atoms with van der Waals surface area (Å²) in [5.74, 6) is 0. The largest absolute Gasteiger partial charge is 0.288 e. The van der Waals surface area contributed by atoms with Crippen molar-refractivity contribution in [3.8, 4) is 0 Å². The van der Waals surface area contributed by atoms with E-state index in [0.717, 1.165) is 0 Å². The third-order valence-electron chi connectivity index (χ3n) is 1.41. The van der Waals surface area contributed by atoms with E-state index >= 15 is 0 Å². The van der Waals surface area contributed by atoms with E-state index in [1.54, 1.807) is 0 Å². The van der Waals surface area contributed by atoms with Crippen molar-refractivity contribution in [2.45, 2.75) is 13.8 Å². The second-order valence-corrected chi connectivity index (χ2v) is 3.21. The number of rotatable bonds is 1. The van der Waals surface area contributed by atoms with Gasteiger partial charge in [-0.25, -0.2) is 0 Å². The van der Waals surface area contributed by atoms with Crippen LogP contribution < -0.4 is 0 Å². The van der Waals surface area contributed by atoms with Crippen LogP contribution in [0.5, 0.6) is 0 Å². The zero-order valence-corrected chi connectivity index (χ0v) is 8.84. The van der Waals surface area contributed by atoms with Crippen molar-refractivity contribution in [2.75, 3.05) is 0 Å². The van der Waals surface area contributed by atoms with E-state index in [1.165, 1.54) is 18.1 Å². The minimum absolute atomic E-state index is 0.139. The van der Waals surface area contributed by atoms with Crippen molar-refractivity contribution in [3.63, 3.8) is 0 Å². The highest BCUT2D eigenvalue weighted by Gasteiger charge is 1.86. The summed E-state index contributed by atoms with van der Waals surface area (Å²) < 4.78 is 0. The maximum absolute atomic E-state index is 9.31. The number of hydrogen-bond donors (Lipinski definition) is 1. The summed E-state index contributed by atoms with van der Waals surface area (Å²) >= 11 is 3.33. The van der Waals surface area contributed by atoms with E-state index in [1.807, 2.05) is 18.2 Å². The molecule has 0 saturated carbocycles. The quantitative estimate of drug-likeness (QED) is 0.680. The SMILES string of the molecule is C=Cc1ccccc1C.CC(=O)S. The Hall–Kier alpha value is -1.02. The van der Waals surface area contributed by atoms with Gasteiger partial charge in [0.05, 0.1) is 0 Å². The Morgan fingerprint density at radius 2 is 1.92 bits per heavy atom. The third kappa shape index (κ3) is 6.17. The molecular weight excluding hydrogens is 180 g/mol. The molecule has 0 radical (unpaired) electrons. The lowest BCUT2D eigenvalue weighted by Gasteiger charge is -1.95. The van der Waals surface area contributed by atoms with E-state index in [4.69, 9.17) is 0 Å². The molecule has 1 rings (SSSR count). The first kappa shape index (κ1) is 12.0. The predicted octanol–water partition coefficient (Wildman–Crippen LogP) is 3.10. The fourth-order valence-corrected chi connectivity index (χ4v) is 0.816. The van der Waals surface area contributed by atoms with Gasteiger partial charge in [0, 0.05) is 6.92 Å². The molecule has 13 heavy (non-hydrogen) atoms. The van der Waals surface area contributed by atoms with E-state index in [0.29, 0.717) is 0 Å². The molecule has 0 aliphatic carbocycles. The van der Waals surface area contributed by atoms with Gasteiger partial charge in [-0.1, -0.05) is 36.9 Å². The van der Waals surface area contributed by atoms with Crippen LogP contribution in [-0.2, 0) is 4.79 Å². The van der Waals surface area contributed by atoms with Gasteiger partial charge < -0.3 is 0 Å². The van der Waals surface area contributed by atoms with Crippen LogP contribution in [0.15, 0.2) is 30.8 Å². The van der Waals surface area contributed by atoms with Crippen LogP contribution in [0.1, 0.15) is 18.1 Å². The Bertz CT molecular complexity index is 288. The van der Waals surface area contributed by atoms with E-state index in [9.17, 15) is 4.79 Å². The van der Waals surface area contributed by atoms with Crippen LogP contribution in [0.25, 0.3) is 6.08 Å². The second-order valence-electron chi connectivity index (χ2n) is 2.58. The molecule has 0 N–H and O–H groups in total. The molecule has 1 aromatic rings. The van der Waals surface area contributed by atoms with Crippen molar-refractivity contribution in [1.82, 2.24) is 0 Å². The van der Waals surface area contributed by atoms with Crippen molar-refractivity contribution in [1.29, 1.82) is 0 Å². The number of benzene rings is 1. The summed E-state index contributed by atoms with van der Waals surface area (Å²) in [5.41, 5.74) is 2.50. The molecule has 0 fully saturated rings. The molecule has 2 heteroatoms. The summed E-state index contributed by atoms with van der Waals surface area (Å²) in [7, 11) is 0. The Labute approximate surface area is 84.9 Å². The molecular formula is C11H14OS. The number of thiol groups is 1. The molecule has 0 amide bonds. The van der Waals surface area contributed by atoms with Crippen LogP contribution in [0.4, 0.5) is 0 Å². The van der Waals surface area contributed by atoms with Gasteiger partial charge in [-0.05, 0) is 18.1 Å². The van der Waals surface area contributed by atoms with Gasteiger partial charge >= 0.3 is 0 Å². The molecule has 70 valence electrons. The molecule has 1 nitrogen and oxygen atoms in total. The number of carbonyl (C=O) groups is 1. The molecule has 0 atom stereocenters. The molecule has 0 aliphatic rings. The zero-order chi connectivity index (χ0) is 10.3. The summed E-state index contributed by atoms with van der Waals surface area (Å²) in [4.78, 5) is 9.31. The Balaban J connectivity index is 0.000000310. The lowest BCUT2D eigenvalue weighted by molar-refractivity contribution is -0.108. The molecule has 0 heterocycles. The minimum atomic E-state index is -0.139. The molecule has 0 bridgehead atoms. The van der Waals surface area contributed by atoms with Gasteiger partial charge in [-0.15, -0.1) is 12.6 Å². The average molecular weight is 194 g/mol. The van der Waals surface area contributed by atoms with Crippen LogP contribution >= 0.6 is 12.6 Å². The third-order valence-corrected chi connectivity index (χ3v) is 1.41. The lowest BCUT2D eigenvalue weighted by atomic mass is 10.1. The van der Waals surface area contributed by atoms with Crippen LogP contribution in [0, 0.1) is 6.92 Å². The first-order valence-electron chi connectivity index (χ1n) is 3.95. The number of carbonyl (C=O) groups excluding carboxylic acids is 1. The first-order chi connectivity index (χ1) is 6.07. The maximum Gasteiger partial charge on any atom is 0.182 e. The van der Waals surface area contributed by atoms with E-state index < -0.39 is 0 Å². The average Bonchev–Trinajstić information content (AvgIpc) is 2.04. The van der Waals surface area contributed by atoms with Crippen molar-refractivity contribution >= 4 is 23.8 Å². The monoisotopic (exact) mass is 194 g/mol. The Morgan fingerprint density at radius 3 is 2.23 bits per heavy atom. The van der Waals surface area contributed by atoms with Gasteiger partial charge in [0.2, 0.25) is 0 Å². The zero-order valence-electron chi connectivity index (χ0n) is 7.95. The molecule has 0 saturated heterocycles. The second kappa shape index (κ2) is 6.49. The van der Waals surface area contributed by atoms with Crippen LogP contribution in [0.3, 0.4) is 0 Å². The minimum Gasteiger partial charge on any atom is -0.288 e. The maximum atomic E-state index is 9.31. The van der Waals surface area contributed by atoms with Gasteiger partial charge in [0.1, 0.15) is 0 Å². The summed E-state index contributed by atoms with van der Waals surface area (Å²) in [6.07, 6.45) is 1.87. The highest BCUT2D eigenvalue weighted by atomic mass is 32.1. The van der Waals surface area contributed by atoms with Gasteiger partial charge in [0.15, 0.2) is 5.12 Å². The van der Waals surface area contributed by atoms with Crippen molar-refractivity contribution in [2.24, 2.45) is 0 Å². The smallest absolute Gasteiger partial charge is 0.182 e. The molecule has 0 unspecified atom stereocenters. The number of hydrogen-bond acceptors (Lipinski definition) is 1. The van der Waals surface area contributed by atoms with Gasteiger partial charge in [0.25, 0.3) is 0 Å². The first-order valence-corrected chi connectivity index (χ1v) is 4.40. The molecule has 0 aromatic heterocycles. The van der Waals surface area contributed by atoms with E-state index in [-0.39, 0.29) is 5.12 Å². The Morgan fingerprint density at radius 1 is 1.46 bits per heavy atom. The highest BCUT2D eigenvalue weighted by molar-refractivity contribution is 7.96. The molecule has 0 aliphatic heterocycles. The van der Waals surface area contributed by atoms with Crippen molar-refractivity contribution in [3.05, 3.63) is 42.0 Å². The predicted molar refractivity (Wildman–Crippen MR) is 60.9 cm³/mol. The normalized spacial score (nSPS) is 8.23. The van der Waals surface area contributed by atoms with Gasteiger partial charge in [-0.3, -0.25) is 4.79 Å². The molecule has 0 spiro atoms. The van der Waals surface area contributed by atoms with Crippen LogP contribution in [-0.4, -0.2) is 5.12 Å². The fraction of sp³-hybridized carbons (Fsp3) is 0.182. The van der Waals surface area contributed by atoms with E-state index in [2.05, 4.69) is 38.3 Å². The number of aryl methyl sites for hydroxylation is 1.